The van der Waals surface area contributed by atoms with Crippen LogP contribution in [0.2, 0.25) is 0 Å². The Morgan fingerprint density at radius 3 is 2.96 bits per heavy atom. The van der Waals surface area contributed by atoms with Gasteiger partial charge in [-0.1, -0.05) is 22.0 Å². The van der Waals surface area contributed by atoms with E-state index in [1.54, 1.807) is 0 Å². The van der Waals surface area contributed by atoms with Gasteiger partial charge in [0, 0.05) is 36.3 Å². The second-order valence-electron chi connectivity index (χ2n) is 5.91. The summed E-state index contributed by atoms with van der Waals surface area (Å²) in [5.41, 5.74) is 1.24. The van der Waals surface area contributed by atoms with Gasteiger partial charge in [-0.25, -0.2) is 0 Å². The molecule has 2 saturated heterocycles. The van der Waals surface area contributed by atoms with Crippen LogP contribution in [0.5, 0.6) is 0 Å². The van der Waals surface area contributed by atoms with Crippen molar-refractivity contribution >= 4 is 52.3 Å². The van der Waals surface area contributed by atoms with Gasteiger partial charge in [0.2, 0.25) is 5.91 Å². The van der Waals surface area contributed by atoms with Gasteiger partial charge in [-0.05, 0) is 30.5 Å². The van der Waals surface area contributed by atoms with Crippen molar-refractivity contribution in [1.82, 2.24) is 10.6 Å². The zero-order valence-corrected chi connectivity index (χ0v) is 16.6. The minimum atomic E-state index is -0.198. The summed E-state index contributed by atoms with van der Waals surface area (Å²) in [5, 5.41) is 6.24. The van der Waals surface area contributed by atoms with E-state index in [9.17, 15) is 4.79 Å². The van der Waals surface area contributed by atoms with Crippen LogP contribution in [0.1, 0.15) is 6.42 Å². The summed E-state index contributed by atoms with van der Waals surface area (Å²) in [5.74, 6) is 0.563. The number of rotatable bonds is 4. The minimum Gasteiger partial charge on any atom is -0.378 e. The molecule has 0 spiro atoms. The number of nitrogens with one attached hydrogen (secondary N) is 2. The Morgan fingerprint density at radius 1 is 1.42 bits per heavy atom. The van der Waals surface area contributed by atoms with E-state index in [1.807, 2.05) is 6.07 Å². The van der Waals surface area contributed by atoms with Crippen molar-refractivity contribution in [3.05, 3.63) is 28.7 Å². The molecule has 2 unspecified atom stereocenters. The van der Waals surface area contributed by atoms with E-state index >= 15 is 0 Å². The molecular formula is C16H24BrCl2N3O2. The molecule has 5 nitrogen and oxygen atoms in total. The highest BCUT2D eigenvalue weighted by molar-refractivity contribution is 9.10. The molecule has 1 aromatic rings. The molecule has 0 radical (unpaired) electrons. The first-order valence-electron chi connectivity index (χ1n) is 7.82. The lowest BCUT2D eigenvalue weighted by molar-refractivity contribution is -0.126. The number of amides is 1. The van der Waals surface area contributed by atoms with Crippen LogP contribution in [0.4, 0.5) is 5.69 Å². The van der Waals surface area contributed by atoms with Crippen LogP contribution in [-0.2, 0) is 9.53 Å². The van der Waals surface area contributed by atoms with E-state index in [-0.39, 0.29) is 36.8 Å². The summed E-state index contributed by atoms with van der Waals surface area (Å²) in [6.07, 6.45) is 1.11. The molecule has 2 aliphatic rings. The van der Waals surface area contributed by atoms with Crippen molar-refractivity contribution < 1.29 is 9.53 Å². The van der Waals surface area contributed by atoms with Gasteiger partial charge in [0.1, 0.15) is 6.04 Å². The van der Waals surface area contributed by atoms with Crippen molar-refractivity contribution in [2.75, 3.05) is 44.3 Å². The fraction of sp³-hybridized carbons (Fsp3) is 0.562. The Labute approximate surface area is 163 Å². The normalized spacial score (nSPS) is 23.1. The second kappa shape index (κ2) is 10.5. The molecule has 0 aromatic heterocycles. The highest BCUT2D eigenvalue weighted by Gasteiger charge is 2.25. The first kappa shape index (κ1) is 21.5. The average Bonchev–Trinajstić information content (AvgIpc) is 3.02. The van der Waals surface area contributed by atoms with Crippen LogP contribution >= 0.6 is 40.7 Å². The summed E-state index contributed by atoms with van der Waals surface area (Å²) in [4.78, 5) is 14.5. The smallest absolute Gasteiger partial charge is 0.239 e. The molecule has 2 N–H and O–H groups in total. The van der Waals surface area contributed by atoms with Crippen LogP contribution in [0.3, 0.4) is 0 Å². The molecule has 136 valence electrons. The maximum absolute atomic E-state index is 12.1. The van der Waals surface area contributed by atoms with Crippen molar-refractivity contribution in [1.29, 1.82) is 0 Å². The Hall–Kier alpha value is -0.530. The Bertz CT molecular complexity index is 530. The van der Waals surface area contributed by atoms with E-state index in [2.05, 4.69) is 49.7 Å². The number of halogens is 3. The Morgan fingerprint density at radius 2 is 2.25 bits per heavy atom. The summed E-state index contributed by atoms with van der Waals surface area (Å²) in [6, 6.07) is 8.18. The number of ether oxygens (including phenoxy) is 1. The first-order valence-corrected chi connectivity index (χ1v) is 8.61. The van der Waals surface area contributed by atoms with E-state index in [1.165, 1.54) is 5.69 Å². The second-order valence-corrected chi connectivity index (χ2v) is 6.82. The molecule has 2 atom stereocenters. The van der Waals surface area contributed by atoms with Gasteiger partial charge in [-0.3, -0.25) is 4.79 Å². The fourth-order valence-electron chi connectivity index (χ4n) is 3.01. The molecule has 0 aliphatic carbocycles. The Balaban J connectivity index is 0.00000144. The van der Waals surface area contributed by atoms with Crippen LogP contribution < -0.4 is 15.5 Å². The number of benzene rings is 1. The summed E-state index contributed by atoms with van der Waals surface area (Å²) in [6.45, 7) is 4.68. The SMILES string of the molecule is Cl.Cl.O=C(NCC1CCN(c2cccc(Br)c2)C1)C1COCCN1. The third-order valence-electron chi connectivity index (χ3n) is 4.26. The average molecular weight is 441 g/mol. The lowest BCUT2D eigenvalue weighted by Crippen LogP contribution is -2.52. The highest BCUT2D eigenvalue weighted by Crippen LogP contribution is 2.25. The fourth-order valence-corrected chi connectivity index (χ4v) is 3.40. The quantitative estimate of drug-likeness (QED) is 0.753. The van der Waals surface area contributed by atoms with Crippen LogP contribution in [0.25, 0.3) is 0 Å². The lowest BCUT2D eigenvalue weighted by atomic mass is 10.1. The number of carbonyl (C=O) groups excluding carboxylic acids is 1. The van der Waals surface area contributed by atoms with Gasteiger partial charge in [0.15, 0.2) is 0 Å². The third kappa shape index (κ3) is 5.77. The zero-order valence-electron chi connectivity index (χ0n) is 13.4. The number of hydrogen-bond donors (Lipinski definition) is 2. The van der Waals surface area contributed by atoms with E-state index in [0.717, 1.165) is 37.1 Å². The van der Waals surface area contributed by atoms with Gasteiger partial charge in [0.25, 0.3) is 0 Å². The summed E-state index contributed by atoms with van der Waals surface area (Å²) in [7, 11) is 0. The number of hydrogen-bond acceptors (Lipinski definition) is 4. The third-order valence-corrected chi connectivity index (χ3v) is 4.76. The van der Waals surface area contributed by atoms with Crippen molar-refractivity contribution in [3.8, 4) is 0 Å². The van der Waals surface area contributed by atoms with Gasteiger partial charge < -0.3 is 20.3 Å². The standard InChI is InChI=1S/C16H22BrN3O2.2ClH/c17-13-2-1-3-14(8-13)20-6-4-12(10-20)9-19-16(21)15-11-22-7-5-18-15;;/h1-3,8,12,15,18H,4-7,9-11H2,(H,19,21);2*1H. The molecule has 3 rings (SSSR count). The van der Waals surface area contributed by atoms with E-state index in [0.29, 0.717) is 19.1 Å². The topological polar surface area (TPSA) is 53.6 Å². The number of carbonyl (C=O) groups is 1. The molecule has 1 amide bonds. The van der Waals surface area contributed by atoms with Gasteiger partial charge >= 0.3 is 0 Å². The van der Waals surface area contributed by atoms with E-state index < -0.39 is 0 Å². The van der Waals surface area contributed by atoms with Gasteiger partial charge in [-0.15, -0.1) is 24.8 Å². The lowest BCUT2D eigenvalue weighted by Gasteiger charge is -2.24. The van der Waals surface area contributed by atoms with Crippen LogP contribution in [0, 0.1) is 5.92 Å². The first-order chi connectivity index (χ1) is 10.7. The minimum absolute atomic E-state index is 0. The van der Waals surface area contributed by atoms with Gasteiger partial charge in [0.05, 0.1) is 13.2 Å². The van der Waals surface area contributed by atoms with Crippen molar-refractivity contribution in [3.63, 3.8) is 0 Å². The molecule has 24 heavy (non-hydrogen) atoms. The molecule has 2 aliphatic heterocycles. The van der Waals surface area contributed by atoms with Crippen molar-refractivity contribution in [2.24, 2.45) is 5.92 Å². The zero-order chi connectivity index (χ0) is 15.4. The number of nitrogens with zero attached hydrogens (tertiary/aromatic N) is 1. The highest BCUT2D eigenvalue weighted by atomic mass is 79.9. The maximum atomic E-state index is 12.1. The molecule has 2 heterocycles. The predicted octanol–water partition coefficient (Wildman–Crippen LogP) is 2.22. The predicted molar refractivity (Wildman–Crippen MR) is 105 cm³/mol. The molecular weight excluding hydrogens is 417 g/mol. The number of morpholine rings is 1. The van der Waals surface area contributed by atoms with Gasteiger partial charge in [-0.2, -0.15) is 0 Å². The van der Waals surface area contributed by atoms with Crippen LogP contribution in [-0.4, -0.2) is 51.3 Å². The Kier molecular flexibility index (Phi) is 9.37. The largest absolute Gasteiger partial charge is 0.378 e. The number of anilines is 1. The monoisotopic (exact) mass is 439 g/mol. The van der Waals surface area contributed by atoms with Crippen LogP contribution in [0.15, 0.2) is 28.7 Å². The summed E-state index contributed by atoms with van der Waals surface area (Å²) >= 11 is 3.52. The maximum Gasteiger partial charge on any atom is 0.239 e. The molecule has 0 saturated carbocycles. The molecule has 8 heteroatoms. The molecule has 2 fully saturated rings. The van der Waals surface area contributed by atoms with E-state index in [4.69, 9.17) is 4.74 Å². The summed E-state index contributed by atoms with van der Waals surface area (Å²) < 4.78 is 6.43. The van der Waals surface area contributed by atoms with Crippen molar-refractivity contribution in [2.45, 2.75) is 12.5 Å². The molecule has 1 aromatic carbocycles. The molecule has 0 bridgehead atoms.